The third kappa shape index (κ3) is 5.14. The van der Waals surface area contributed by atoms with Crippen LogP contribution >= 0.6 is 11.8 Å². The van der Waals surface area contributed by atoms with Gasteiger partial charge < -0.3 is 14.6 Å². The van der Waals surface area contributed by atoms with Gasteiger partial charge in [-0.1, -0.05) is 54.2 Å². The van der Waals surface area contributed by atoms with E-state index in [1.807, 2.05) is 63.4 Å². The molecule has 0 unspecified atom stereocenters. The topological polar surface area (TPSA) is 86.9 Å². The first kappa shape index (κ1) is 23.6. The number of anilines is 1. The molecule has 2 heterocycles. The molecule has 0 aliphatic heterocycles. The van der Waals surface area contributed by atoms with Crippen molar-refractivity contribution in [2.45, 2.75) is 32.0 Å². The van der Waals surface area contributed by atoms with Crippen LogP contribution in [0.15, 0.2) is 59.8 Å². The van der Waals surface area contributed by atoms with Gasteiger partial charge >= 0.3 is 0 Å². The quantitative estimate of drug-likeness (QED) is 0.363. The largest absolute Gasteiger partial charge is 0.496 e. The number of nitrogens with zero attached hydrogens (tertiary/aromatic N) is 5. The number of hydrogen-bond donors (Lipinski definition) is 1. The molecule has 0 bridgehead atoms. The van der Waals surface area contributed by atoms with Crippen LogP contribution < -0.4 is 10.1 Å². The number of benzene rings is 2. The summed E-state index contributed by atoms with van der Waals surface area (Å²) in [5.74, 6) is 1.55. The third-order valence-electron chi connectivity index (χ3n) is 5.64. The van der Waals surface area contributed by atoms with Gasteiger partial charge in [0.25, 0.3) is 0 Å². The highest BCUT2D eigenvalue weighted by Gasteiger charge is 2.19. The van der Waals surface area contributed by atoms with E-state index < -0.39 is 0 Å². The molecule has 0 atom stereocenters. The Bertz CT molecular complexity index is 1280. The number of thioether (sulfide) groups is 1. The molecule has 1 amide bonds. The van der Waals surface area contributed by atoms with Crippen LogP contribution in [0, 0.1) is 13.8 Å². The first-order valence-corrected chi connectivity index (χ1v) is 12.0. The minimum absolute atomic E-state index is 0.111. The molecule has 9 heteroatoms. The molecule has 0 fully saturated rings. The monoisotopic (exact) mass is 476 g/mol. The maximum absolute atomic E-state index is 12.7. The SMILES string of the molecule is COc1ccccc1-c1nnc(SCC(=O)Nc2c(C)nn(C)c2C)n1CCc1ccccc1. The van der Waals surface area contributed by atoms with Crippen molar-refractivity contribution in [1.29, 1.82) is 0 Å². The molecular formula is C25H28N6O2S. The lowest BCUT2D eigenvalue weighted by atomic mass is 10.1. The summed E-state index contributed by atoms with van der Waals surface area (Å²) >= 11 is 1.37. The summed E-state index contributed by atoms with van der Waals surface area (Å²) in [5, 5.41) is 16.9. The highest BCUT2D eigenvalue weighted by atomic mass is 32.2. The molecule has 0 aliphatic carbocycles. The number of rotatable bonds is 9. The van der Waals surface area contributed by atoms with Crippen molar-refractivity contribution >= 4 is 23.4 Å². The Kier molecular flexibility index (Phi) is 7.32. The Morgan fingerprint density at radius 2 is 1.79 bits per heavy atom. The van der Waals surface area contributed by atoms with E-state index in [-0.39, 0.29) is 11.7 Å². The molecule has 0 radical (unpaired) electrons. The average Bonchev–Trinajstić information content (AvgIpc) is 3.37. The number of amides is 1. The van der Waals surface area contributed by atoms with E-state index >= 15 is 0 Å². The van der Waals surface area contributed by atoms with Gasteiger partial charge in [-0.15, -0.1) is 10.2 Å². The fourth-order valence-corrected chi connectivity index (χ4v) is 4.54. The van der Waals surface area contributed by atoms with Crippen molar-refractivity contribution in [3.05, 3.63) is 71.5 Å². The smallest absolute Gasteiger partial charge is 0.234 e. The number of methoxy groups -OCH3 is 1. The number of carbonyl (C=O) groups is 1. The number of hydrogen-bond acceptors (Lipinski definition) is 6. The van der Waals surface area contributed by atoms with Crippen molar-refractivity contribution in [3.8, 4) is 17.1 Å². The highest BCUT2D eigenvalue weighted by Crippen LogP contribution is 2.31. The van der Waals surface area contributed by atoms with E-state index in [1.54, 1.807) is 11.8 Å². The van der Waals surface area contributed by atoms with E-state index in [0.29, 0.717) is 11.7 Å². The van der Waals surface area contributed by atoms with Gasteiger partial charge in [-0.05, 0) is 38.0 Å². The van der Waals surface area contributed by atoms with Gasteiger partial charge in [-0.2, -0.15) is 5.10 Å². The van der Waals surface area contributed by atoms with Crippen LogP contribution in [0.1, 0.15) is 17.0 Å². The molecule has 4 rings (SSSR count). The van der Waals surface area contributed by atoms with E-state index in [4.69, 9.17) is 4.74 Å². The maximum Gasteiger partial charge on any atom is 0.234 e. The molecule has 176 valence electrons. The molecule has 1 N–H and O–H groups in total. The minimum Gasteiger partial charge on any atom is -0.496 e. The van der Waals surface area contributed by atoms with Gasteiger partial charge in [-0.25, -0.2) is 0 Å². The fourth-order valence-electron chi connectivity index (χ4n) is 3.77. The van der Waals surface area contributed by atoms with Gasteiger partial charge in [0.2, 0.25) is 5.91 Å². The van der Waals surface area contributed by atoms with Crippen molar-refractivity contribution in [3.63, 3.8) is 0 Å². The molecular weight excluding hydrogens is 448 g/mol. The zero-order chi connectivity index (χ0) is 24.1. The third-order valence-corrected chi connectivity index (χ3v) is 6.60. The molecule has 2 aromatic carbocycles. The molecule has 0 saturated carbocycles. The van der Waals surface area contributed by atoms with Gasteiger partial charge in [-0.3, -0.25) is 9.48 Å². The lowest BCUT2D eigenvalue weighted by Crippen LogP contribution is -2.16. The first-order chi connectivity index (χ1) is 16.5. The zero-order valence-corrected chi connectivity index (χ0v) is 20.6. The second kappa shape index (κ2) is 10.6. The Morgan fingerprint density at radius 1 is 1.06 bits per heavy atom. The van der Waals surface area contributed by atoms with E-state index in [1.165, 1.54) is 17.3 Å². The van der Waals surface area contributed by atoms with Crippen molar-refractivity contribution in [1.82, 2.24) is 24.5 Å². The van der Waals surface area contributed by atoms with Gasteiger partial charge in [0.15, 0.2) is 11.0 Å². The van der Waals surface area contributed by atoms with Crippen molar-refractivity contribution < 1.29 is 9.53 Å². The summed E-state index contributed by atoms with van der Waals surface area (Å²) in [4.78, 5) is 12.7. The number of ether oxygens (including phenoxy) is 1. The lowest BCUT2D eigenvalue weighted by molar-refractivity contribution is -0.113. The first-order valence-electron chi connectivity index (χ1n) is 11.0. The van der Waals surface area contributed by atoms with Crippen LogP contribution in [0.5, 0.6) is 5.75 Å². The van der Waals surface area contributed by atoms with E-state index in [9.17, 15) is 4.79 Å². The Morgan fingerprint density at radius 3 is 2.50 bits per heavy atom. The number of aryl methyl sites for hydroxylation is 3. The van der Waals surface area contributed by atoms with Gasteiger partial charge in [0.1, 0.15) is 5.75 Å². The number of aromatic nitrogens is 5. The molecule has 4 aromatic rings. The summed E-state index contributed by atoms with van der Waals surface area (Å²) in [7, 11) is 3.51. The maximum atomic E-state index is 12.7. The predicted octanol–water partition coefficient (Wildman–Crippen LogP) is 4.28. The average molecular weight is 477 g/mol. The van der Waals surface area contributed by atoms with Crippen LogP contribution in [0.25, 0.3) is 11.4 Å². The molecule has 34 heavy (non-hydrogen) atoms. The Hall–Kier alpha value is -3.59. The van der Waals surface area contributed by atoms with Gasteiger partial charge in [0, 0.05) is 13.6 Å². The van der Waals surface area contributed by atoms with Crippen molar-refractivity contribution in [2.24, 2.45) is 7.05 Å². The van der Waals surface area contributed by atoms with Gasteiger partial charge in [0.05, 0.1) is 35.5 Å². The Balaban J connectivity index is 1.56. The lowest BCUT2D eigenvalue weighted by Gasteiger charge is -2.12. The highest BCUT2D eigenvalue weighted by molar-refractivity contribution is 7.99. The predicted molar refractivity (Wildman–Crippen MR) is 134 cm³/mol. The molecule has 0 saturated heterocycles. The molecule has 0 aliphatic rings. The van der Waals surface area contributed by atoms with Crippen LogP contribution in [-0.2, 0) is 24.8 Å². The molecule has 0 spiro atoms. The zero-order valence-electron chi connectivity index (χ0n) is 19.8. The molecule has 8 nitrogen and oxygen atoms in total. The minimum atomic E-state index is -0.111. The summed E-state index contributed by atoms with van der Waals surface area (Å²) < 4.78 is 9.38. The fraction of sp³-hybridized carbons (Fsp3) is 0.280. The van der Waals surface area contributed by atoms with Crippen molar-refractivity contribution in [2.75, 3.05) is 18.2 Å². The number of carbonyl (C=O) groups excluding carboxylic acids is 1. The van der Waals surface area contributed by atoms with Crippen LogP contribution in [0.3, 0.4) is 0 Å². The second-order valence-electron chi connectivity index (χ2n) is 7.90. The molecule has 2 aromatic heterocycles. The summed E-state index contributed by atoms with van der Waals surface area (Å²) in [6.07, 6.45) is 0.814. The van der Waals surface area contributed by atoms with Crippen LogP contribution in [0.4, 0.5) is 5.69 Å². The van der Waals surface area contributed by atoms with E-state index in [2.05, 4.69) is 37.3 Å². The standard InChI is InChI=1S/C25H28N6O2S/c1-17-23(18(2)30(3)29-17)26-22(32)16-34-25-28-27-24(20-12-8-9-13-21(20)33-4)31(25)15-14-19-10-6-5-7-11-19/h5-13H,14-16H2,1-4H3,(H,26,32). The van der Waals surface area contributed by atoms with Crippen LogP contribution in [-0.4, -0.2) is 43.3 Å². The summed E-state index contributed by atoms with van der Waals surface area (Å²) in [5.41, 5.74) is 4.55. The summed E-state index contributed by atoms with van der Waals surface area (Å²) in [6, 6.07) is 18.0. The summed E-state index contributed by atoms with van der Waals surface area (Å²) in [6.45, 7) is 4.49. The number of nitrogens with one attached hydrogen (secondary N) is 1. The normalized spacial score (nSPS) is 10.9. The Labute approximate surface area is 203 Å². The second-order valence-corrected chi connectivity index (χ2v) is 8.84. The van der Waals surface area contributed by atoms with E-state index in [0.717, 1.165) is 40.6 Å². The van der Waals surface area contributed by atoms with Crippen LogP contribution in [0.2, 0.25) is 0 Å². The number of para-hydroxylation sites is 1.